The number of benzene rings is 2. The maximum absolute atomic E-state index is 12.2. The second-order valence-corrected chi connectivity index (χ2v) is 7.76. The van der Waals surface area contributed by atoms with E-state index in [1.54, 1.807) is 24.2 Å². The number of nitrogens with one attached hydrogen (secondary N) is 1. The smallest absolute Gasteiger partial charge is 0.234 e. The van der Waals surface area contributed by atoms with Crippen LogP contribution in [0.25, 0.3) is 5.69 Å². The van der Waals surface area contributed by atoms with Gasteiger partial charge in [0.15, 0.2) is 0 Å². The van der Waals surface area contributed by atoms with Crippen LogP contribution in [-0.2, 0) is 4.79 Å². The van der Waals surface area contributed by atoms with Crippen LogP contribution in [0.5, 0.6) is 5.75 Å². The molecular formula is C17H14Br2N4O2S. The quantitative estimate of drug-likeness (QED) is 0.506. The van der Waals surface area contributed by atoms with E-state index < -0.39 is 0 Å². The number of aromatic nitrogens is 3. The van der Waals surface area contributed by atoms with Gasteiger partial charge in [-0.1, -0.05) is 30.0 Å². The predicted molar refractivity (Wildman–Crippen MR) is 109 cm³/mol. The number of halogens is 2. The second kappa shape index (κ2) is 8.70. The van der Waals surface area contributed by atoms with Crippen LogP contribution in [0.1, 0.15) is 0 Å². The molecule has 0 radical (unpaired) electrons. The number of hydrogen-bond donors (Lipinski definition) is 1. The average molecular weight is 498 g/mol. The van der Waals surface area contributed by atoms with Crippen LogP contribution >= 0.6 is 43.6 Å². The molecule has 3 aromatic rings. The van der Waals surface area contributed by atoms with Gasteiger partial charge in [-0.3, -0.25) is 4.79 Å². The summed E-state index contributed by atoms with van der Waals surface area (Å²) in [5.74, 6) is 0.680. The Labute approximate surface area is 171 Å². The van der Waals surface area contributed by atoms with E-state index in [-0.39, 0.29) is 11.7 Å². The Kier molecular flexibility index (Phi) is 6.33. The van der Waals surface area contributed by atoms with Crippen molar-refractivity contribution >= 4 is 55.2 Å². The predicted octanol–water partition coefficient (Wildman–Crippen LogP) is 4.53. The summed E-state index contributed by atoms with van der Waals surface area (Å²) in [4.78, 5) is 16.5. The van der Waals surface area contributed by atoms with Gasteiger partial charge in [0.1, 0.15) is 12.1 Å². The normalized spacial score (nSPS) is 10.6. The maximum atomic E-state index is 12.2. The van der Waals surface area contributed by atoms with Crippen molar-refractivity contribution in [3.8, 4) is 11.4 Å². The van der Waals surface area contributed by atoms with Crippen LogP contribution in [0.15, 0.2) is 62.9 Å². The first-order valence-corrected chi connectivity index (χ1v) is 10.1. The van der Waals surface area contributed by atoms with Crippen LogP contribution in [-0.4, -0.2) is 33.5 Å². The SMILES string of the molecule is COc1cc(NC(=O)CSc2ncn(-c3ccccc3)n2)c(Br)cc1Br. The fraction of sp³-hybridized carbons (Fsp3) is 0.118. The minimum absolute atomic E-state index is 0.156. The minimum Gasteiger partial charge on any atom is -0.495 e. The van der Waals surface area contributed by atoms with Crippen molar-refractivity contribution in [3.05, 3.63) is 57.7 Å². The molecule has 1 heterocycles. The average Bonchev–Trinajstić information content (AvgIpc) is 3.12. The summed E-state index contributed by atoms with van der Waals surface area (Å²) in [5, 5.41) is 7.76. The zero-order valence-corrected chi connectivity index (χ0v) is 17.6. The van der Waals surface area contributed by atoms with Gasteiger partial charge in [-0.2, -0.15) is 0 Å². The summed E-state index contributed by atoms with van der Waals surface area (Å²) >= 11 is 8.10. The standard InChI is InChI=1S/C17H14Br2N4O2S/c1-25-15-8-14(12(18)7-13(15)19)21-16(24)9-26-17-20-10-23(22-17)11-5-3-2-4-6-11/h2-8,10H,9H2,1H3,(H,21,24). The van der Waals surface area contributed by atoms with Crippen LogP contribution in [0.4, 0.5) is 5.69 Å². The first-order valence-electron chi connectivity index (χ1n) is 7.49. The summed E-state index contributed by atoms with van der Waals surface area (Å²) in [7, 11) is 1.57. The van der Waals surface area contributed by atoms with Gasteiger partial charge in [-0.05, 0) is 50.1 Å². The van der Waals surface area contributed by atoms with Crippen LogP contribution in [0, 0.1) is 0 Å². The Morgan fingerprint density at radius 1 is 1.23 bits per heavy atom. The lowest BCUT2D eigenvalue weighted by atomic mass is 10.3. The molecule has 9 heteroatoms. The zero-order valence-electron chi connectivity index (χ0n) is 13.6. The molecule has 0 fully saturated rings. The molecule has 0 atom stereocenters. The number of methoxy groups -OCH3 is 1. The molecule has 0 aliphatic heterocycles. The van der Waals surface area contributed by atoms with Crippen molar-refractivity contribution in [2.45, 2.75) is 5.16 Å². The summed E-state index contributed by atoms with van der Waals surface area (Å²) in [6.45, 7) is 0. The number of carbonyl (C=O) groups is 1. The summed E-state index contributed by atoms with van der Waals surface area (Å²) in [6, 6.07) is 13.3. The highest BCUT2D eigenvalue weighted by molar-refractivity contribution is 9.11. The molecule has 3 rings (SSSR count). The van der Waals surface area contributed by atoms with Gasteiger partial charge in [0.2, 0.25) is 11.1 Å². The molecule has 1 N–H and O–H groups in total. The number of ether oxygens (including phenoxy) is 1. The molecule has 0 aliphatic rings. The van der Waals surface area contributed by atoms with Crippen LogP contribution < -0.4 is 10.1 Å². The number of nitrogens with zero attached hydrogens (tertiary/aromatic N) is 3. The van der Waals surface area contributed by atoms with Crippen molar-refractivity contribution in [1.82, 2.24) is 14.8 Å². The lowest BCUT2D eigenvalue weighted by molar-refractivity contribution is -0.113. The Hall–Kier alpha value is -1.84. The van der Waals surface area contributed by atoms with E-state index in [4.69, 9.17) is 4.74 Å². The van der Waals surface area contributed by atoms with Gasteiger partial charge < -0.3 is 10.1 Å². The second-order valence-electron chi connectivity index (χ2n) is 5.11. The molecule has 134 valence electrons. The minimum atomic E-state index is -0.156. The molecule has 0 unspecified atom stereocenters. The Bertz CT molecular complexity index is 918. The fourth-order valence-electron chi connectivity index (χ4n) is 2.12. The highest BCUT2D eigenvalue weighted by Crippen LogP contribution is 2.34. The van der Waals surface area contributed by atoms with E-state index in [1.165, 1.54) is 11.8 Å². The first kappa shape index (κ1) is 18.9. The van der Waals surface area contributed by atoms with Crippen LogP contribution in [0.3, 0.4) is 0 Å². The van der Waals surface area contributed by atoms with Crippen molar-refractivity contribution in [2.24, 2.45) is 0 Å². The van der Waals surface area contributed by atoms with Gasteiger partial charge >= 0.3 is 0 Å². The third kappa shape index (κ3) is 4.66. The Morgan fingerprint density at radius 2 is 2.00 bits per heavy atom. The van der Waals surface area contributed by atoms with E-state index in [2.05, 4.69) is 47.3 Å². The maximum Gasteiger partial charge on any atom is 0.234 e. The molecule has 2 aromatic carbocycles. The molecule has 0 saturated carbocycles. The number of para-hydroxylation sites is 1. The lowest BCUT2D eigenvalue weighted by Crippen LogP contribution is -2.14. The fourth-order valence-corrected chi connectivity index (χ4v) is 3.97. The molecule has 26 heavy (non-hydrogen) atoms. The molecule has 1 aromatic heterocycles. The summed E-state index contributed by atoms with van der Waals surface area (Å²) < 4.78 is 8.49. The molecule has 1 amide bonds. The summed E-state index contributed by atoms with van der Waals surface area (Å²) in [6.07, 6.45) is 1.63. The van der Waals surface area contributed by atoms with Crippen LogP contribution in [0.2, 0.25) is 0 Å². The van der Waals surface area contributed by atoms with Gasteiger partial charge in [-0.15, -0.1) is 5.10 Å². The molecule has 0 spiro atoms. The number of amides is 1. The third-order valence-corrected chi connectivity index (χ3v) is 5.47. The molecule has 0 aliphatic carbocycles. The first-order chi connectivity index (χ1) is 12.6. The number of carbonyl (C=O) groups excluding carboxylic acids is 1. The Morgan fingerprint density at radius 3 is 2.73 bits per heavy atom. The zero-order chi connectivity index (χ0) is 18.5. The number of hydrogen-bond acceptors (Lipinski definition) is 5. The van der Waals surface area contributed by atoms with Gasteiger partial charge in [-0.25, -0.2) is 9.67 Å². The molecule has 0 saturated heterocycles. The Balaban J connectivity index is 1.61. The molecule has 0 bridgehead atoms. The number of thioether (sulfide) groups is 1. The van der Waals surface area contributed by atoms with Crippen molar-refractivity contribution in [1.29, 1.82) is 0 Å². The van der Waals surface area contributed by atoms with Gasteiger partial charge in [0.25, 0.3) is 0 Å². The number of rotatable bonds is 6. The van der Waals surface area contributed by atoms with E-state index in [0.29, 0.717) is 16.6 Å². The largest absolute Gasteiger partial charge is 0.495 e. The van der Waals surface area contributed by atoms with Crippen molar-refractivity contribution in [2.75, 3.05) is 18.2 Å². The molecule has 6 nitrogen and oxygen atoms in total. The van der Waals surface area contributed by atoms with Gasteiger partial charge in [0.05, 0.1) is 28.7 Å². The lowest BCUT2D eigenvalue weighted by Gasteiger charge is -2.10. The highest BCUT2D eigenvalue weighted by atomic mass is 79.9. The van der Waals surface area contributed by atoms with Gasteiger partial charge in [0, 0.05) is 10.5 Å². The number of anilines is 1. The van der Waals surface area contributed by atoms with E-state index in [0.717, 1.165) is 14.6 Å². The topological polar surface area (TPSA) is 69.0 Å². The highest BCUT2D eigenvalue weighted by Gasteiger charge is 2.12. The molecular weight excluding hydrogens is 484 g/mol. The van der Waals surface area contributed by atoms with E-state index in [9.17, 15) is 4.79 Å². The van der Waals surface area contributed by atoms with E-state index >= 15 is 0 Å². The third-order valence-electron chi connectivity index (χ3n) is 3.34. The summed E-state index contributed by atoms with van der Waals surface area (Å²) in [5.41, 5.74) is 1.56. The van der Waals surface area contributed by atoms with E-state index in [1.807, 2.05) is 36.4 Å². The van der Waals surface area contributed by atoms with Crippen molar-refractivity contribution < 1.29 is 9.53 Å². The monoisotopic (exact) mass is 496 g/mol. The van der Waals surface area contributed by atoms with Crippen molar-refractivity contribution in [3.63, 3.8) is 0 Å².